The van der Waals surface area contributed by atoms with E-state index in [9.17, 15) is 0 Å². The maximum absolute atomic E-state index is 6.81. The molecule has 5 aromatic heterocycles. The minimum absolute atomic E-state index is 0.509. The largest absolute Gasteiger partial charge is 0.456 e. The molecule has 0 saturated heterocycles. The van der Waals surface area contributed by atoms with Crippen LogP contribution in [0, 0.1) is 0 Å². The fourth-order valence-corrected chi connectivity index (χ4v) is 8.84. The smallest absolute Gasteiger partial charge is 0.231 e. The van der Waals surface area contributed by atoms with Gasteiger partial charge in [0, 0.05) is 54.4 Å². The summed E-state index contributed by atoms with van der Waals surface area (Å²) in [7, 11) is 0. The Morgan fingerprint density at radius 2 is 0.897 bits per heavy atom. The van der Waals surface area contributed by atoms with Crippen LogP contribution >= 0.6 is 0 Å². The highest BCUT2D eigenvalue weighted by Gasteiger charge is 2.23. The van der Waals surface area contributed by atoms with Crippen LogP contribution in [0.5, 0.6) is 0 Å². The van der Waals surface area contributed by atoms with Crippen LogP contribution in [-0.4, -0.2) is 9.97 Å². The molecule has 8 aromatic carbocycles. The fourth-order valence-electron chi connectivity index (χ4n) is 8.84. The Kier molecular flexibility index (Phi) is 6.35. The summed E-state index contributed by atoms with van der Waals surface area (Å²) >= 11 is 0. The topological polar surface area (TPSA) is 78.3 Å². The number of fused-ring (bicyclic) bond motifs is 12. The SMILES string of the molecule is c1ccc(-c2cccc3c2oc2nc(-c4cccc5oc6ccc(-c7ccc8oc9ccccc9c8c7)cc6c45)nc(-c4ccc5c(c4)oc4ccccc45)c23)cc1. The van der Waals surface area contributed by atoms with Crippen molar-refractivity contribution >= 4 is 87.9 Å². The molecule has 0 bridgehead atoms. The van der Waals surface area contributed by atoms with Crippen LogP contribution < -0.4 is 0 Å². The van der Waals surface area contributed by atoms with Crippen molar-refractivity contribution in [3.63, 3.8) is 0 Å². The molecule has 0 saturated carbocycles. The zero-order chi connectivity index (χ0) is 37.9. The maximum Gasteiger partial charge on any atom is 0.231 e. The van der Waals surface area contributed by atoms with E-state index in [1.165, 1.54) is 0 Å². The lowest BCUT2D eigenvalue weighted by Crippen LogP contribution is -1.94. The first-order chi connectivity index (χ1) is 28.7. The average Bonchev–Trinajstić information content (AvgIpc) is 4.05. The Morgan fingerprint density at radius 3 is 1.72 bits per heavy atom. The molecule has 6 heteroatoms. The summed E-state index contributed by atoms with van der Waals surface area (Å²) in [6.45, 7) is 0. The number of aromatic nitrogens is 2. The third kappa shape index (κ3) is 4.54. The quantitative estimate of drug-likeness (QED) is 0.179. The van der Waals surface area contributed by atoms with E-state index in [1.54, 1.807) is 0 Å². The lowest BCUT2D eigenvalue weighted by atomic mass is 9.98. The summed E-state index contributed by atoms with van der Waals surface area (Å²) in [5.41, 5.74) is 12.9. The van der Waals surface area contributed by atoms with E-state index < -0.39 is 0 Å². The molecule has 13 rings (SSSR count). The van der Waals surface area contributed by atoms with Gasteiger partial charge in [0.1, 0.15) is 39.1 Å². The Morgan fingerprint density at radius 1 is 0.310 bits per heavy atom. The van der Waals surface area contributed by atoms with E-state index in [0.717, 1.165) is 121 Å². The molecule has 0 fully saturated rings. The predicted octanol–water partition coefficient (Wildman–Crippen LogP) is 14.7. The molecule has 6 nitrogen and oxygen atoms in total. The summed E-state index contributed by atoms with van der Waals surface area (Å²) in [6.07, 6.45) is 0. The van der Waals surface area contributed by atoms with Crippen molar-refractivity contribution in [2.75, 3.05) is 0 Å². The maximum atomic E-state index is 6.81. The number of benzene rings is 8. The summed E-state index contributed by atoms with van der Waals surface area (Å²) in [5, 5.41) is 8.03. The molecule has 0 unspecified atom stereocenters. The van der Waals surface area contributed by atoms with Crippen LogP contribution in [0.2, 0.25) is 0 Å². The second kappa shape index (κ2) is 11.8. The van der Waals surface area contributed by atoms with E-state index in [-0.39, 0.29) is 0 Å². The van der Waals surface area contributed by atoms with Crippen molar-refractivity contribution in [2.45, 2.75) is 0 Å². The number of hydrogen-bond donors (Lipinski definition) is 0. The van der Waals surface area contributed by atoms with Gasteiger partial charge in [-0.25, -0.2) is 4.98 Å². The summed E-state index contributed by atoms with van der Waals surface area (Å²) in [5.74, 6) is 0.539. The highest BCUT2D eigenvalue weighted by Crippen LogP contribution is 2.44. The standard InChI is InChI=1S/C52H28N2O4/c1-2-10-29(11-3-1)33-14-8-15-37-48-49(32-20-23-36-34-12-4-6-17-41(34)57-46(36)28-32)53-51(54-52(48)58-50(33)37)38-16-9-19-45-47(38)40-27-31(22-25-44(40)56-45)30-21-24-43-39(26-30)35-13-5-7-18-42(35)55-43/h1-28H. The fraction of sp³-hybridized carbons (Fsp3) is 0. The van der Waals surface area contributed by atoms with Crippen LogP contribution in [0.3, 0.4) is 0 Å². The molecule has 0 atom stereocenters. The first-order valence-electron chi connectivity index (χ1n) is 19.3. The Labute approximate surface area is 329 Å². The van der Waals surface area contributed by atoms with Gasteiger partial charge in [-0.2, -0.15) is 4.98 Å². The third-order valence-corrected chi connectivity index (χ3v) is 11.5. The van der Waals surface area contributed by atoms with Crippen LogP contribution in [0.25, 0.3) is 133 Å². The van der Waals surface area contributed by atoms with Gasteiger partial charge in [0.25, 0.3) is 0 Å². The van der Waals surface area contributed by atoms with Gasteiger partial charge in [0.05, 0.1) is 11.1 Å². The molecule has 58 heavy (non-hydrogen) atoms. The van der Waals surface area contributed by atoms with Crippen molar-refractivity contribution in [1.29, 1.82) is 0 Å². The van der Waals surface area contributed by atoms with Gasteiger partial charge >= 0.3 is 0 Å². The van der Waals surface area contributed by atoms with Crippen molar-refractivity contribution in [2.24, 2.45) is 0 Å². The van der Waals surface area contributed by atoms with Crippen molar-refractivity contribution in [3.8, 4) is 44.9 Å². The molecular formula is C52H28N2O4. The van der Waals surface area contributed by atoms with E-state index >= 15 is 0 Å². The monoisotopic (exact) mass is 744 g/mol. The van der Waals surface area contributed by atoms with E-state index in [1.807, 2.05) is 66.7 Å². The minimum atomic E-state index is 0.509. The first-order valence-corrected chi connectivity index (χ1v) is 19.3. The normalized spacial score (nSPS) is 12.1. The Bertz CT molecular complexity index is 3810. The van der Waals surface area contributed by atoms with E-state index in [0.29, 0.717) is 11.5 Å². The summed E-state index contributed by atoms with van der Waals surface area (Å²) in [6, 6.07) is 58.0. The van der Waals surface area contributed by atoms with Crippen LogP contribution in [-0.2, 0) is 0 Å². The lowest BCUT2D eigenvalue weighted by molar-refractivity contribution is 0.654. The minimum Gasteiger partial charge on any atom is -0.456 e. The molecule has 0 aliphatic carbocycles. The first kappa shape index (κ1) is 31.3. The van der Waals surface area contributed by atoms with Gasteiger partial charge < -0.3 is 17.7 Å². The Balaban J connectivity index is 1.05. The molecule has 0 aliphatic rings. The number of rotatable bonds is 4. The van der Waals surface area contributed by atoms with Crippen LogP contribution in [0.15, 0.2) is 188 Å². The van der Waals surface area contributed by atoms with Gasteiger partial charge in [-0.1, -0.05) is 115 Å². The number of hydrogen-bond acceptors (Lipinski definition) is 6. The van der Waals surface area contributed by atoms with E-state index in [4.69, 9.17) is 27.6 Å². The molecule has 5 heterocycles. The molecule has 270 valence electrons. The second-order valence-corrected chi connectivity index (χ2v) is 14.8. The number of nitrogens with zero attached hydrogens (tertiary/aromatic N) is 2. The van der Waals surface area contributed by atoms with Gasteiger partial charge in [-0.3, -0.25) is 0 Å². The van der Waals surface area contributed by atoms with Gasteiger partial charge in [-0.05, 0) is 71.3 Å². The molecular weight excluding hydrogens is 717 g/mol. The van der Waals surface area contributed by atoms with Crippen LogP contribution in [0.1, 0.15) is 0 Å². The zero-order valence-electron chi connectivity index (χ0n) is 30.7. The second-order valence-electron chi connectivity index (χ2n) is 14.8. The van der Waals surface area contributed by atoms with Gasteiger partial charge in [0.2, 0.25) is 5.71 Å². The van der Waals surface area contributed by atoms with Gasteiger partial charge in [-0.15, -0.1) is 0 Å². The highest BCUT2D eigenvalue weighted by molar-refractivity contribution is 6.17. The van der Waals surface area contributed by atoms with Crippen molar-refractivity contribution in [1.82, 2.24) is 9.97 Å². The zero-order valence-corrected chi connectivity index (χ0v) is 30.7. The summed E-state index contributed by atoms with van der Waals surface area (Å²) in [4.78, 5) is 10.7. The molecule has 0 radical (unpaired) electrons. The molecule has 13 aromatic rings. The van der Waals surface area contributed by atoms with E-state index in [2.05, 4.69) is 103 Å². The molecule has 0 amide bonds. The molecule has 0 aliphatic heterocycles. The summed E-state index contributed by atoms with van der Waals surface area (Å²) < 4.78 is 25.8. The number of para-hydroxylation sites is 3. The van der Waals surface area contributed by atoms with Crippen LogP contribution in [0.4, 0.5) is 0 Å². The molecule has 0 spiro atoms. The molecule has 0 N–H and O–H groups in total. The Hall–Kier alpha value is -7.96. The average molecular weight is 745 g/mol. The highest BCUT2D eigenvalue weighted by atomic mass is 16.3. The van der Waals surface area contributed by atoms with Gasteiger partial charge in [0.15, 0.2) is 5.82 Å². The van der Waals surface area contributed by atoms with Crippen molar-refractivity contribution in [3.05, 3.63) is 170 Å². The van der Waals surface area contributed by atoms with Crippen molar-refractivity contribution < 1.29 is 17.7 Å². The predicted molar refractivity (Wildman–Crippen MR) is 233 cm³/mol. The number of furan rings is 4. The lowest BCUT2D eigenvalue weighted by Gasteiger charge is -2.08. The third-order valence-electron chi connectivity index (χ3n) is 11.5.